The first-order valence-corrected chi connectivity index (χ1v) is 14.1. The number of nitrogens with two attached hydrogens (primary N) is 1. The third kappa shape index (κ3) is 6.80. The molecule has 5 atom stereocenters. The lowest BCUT2D eigenvalue weighted by Crippen LogP contribution is -2.49. The van der Waals surface area contributed by atoms with E-state index in [9.17, 15) is 24.8 Å². The minimum absolute atomic E-state index is 0.0285. The van der Waals surface area contributed by atoms with Crippen LogP contribution in [0.1, 0.15) is 45.9 Å². The number of hydrogen-bond acceptors (Lipinski definition) is 11. The molecule has 3 heterocycles. The summed E-state index contributed by atoms with van der Waals surface area (Å²) in [4.78, 5) is 42.2. The fourth-order valence-corrected chi connectivity index (χ4v) is 4.71. The highest BCUT2D eigenvalue weighted by molar-refractivity contribution is 5.92. The van der Waals surface area contributed by atoms with Crippen LogP contribution >= 0.6 is 0 Å². The van der Waals surface area contributed by atoms with Crippen molar-refractivity contribution in [2.24, 2.45) is 11.1 Å². The number of anilines is 1. The Morgan fingerprint density at radius 1 is 1.20 bits per heavy atom. The van der Waals surface area contributed by atoms with E-state index in [1.165, 1.54) is 10.6 Å². The predicted molar refractivity (Wildman–Crippen MR) is 157 cm³/mol. The molecule has 14 heteroatoms. The van der Waals surface area contributed by atoms with Gasteiger partial charge in [0.15, 0.2) is 11.9 Å². The number of nitrogens with zero attached hydrogens (tertiary/aromatic N) is 4. The lowest BCUT2D eigenvalue weighted by molar-refractivity contribution is -0.163. The van der Waals surface area contributed by atoms with Gasteiger partial charge in [0.2, 0.25) is 5.60 Å². The van der Waals surface area contributed by atoms with Crippen LogP contribution in [0.3, 0.4) is 0 Å². The molecule has 5 N–H and O–H groups in total. The lowest BCUT2D eigenvalue weighted by Gasteiger charge is -2.29. The van der Waals surface area contributed by atoms with Gasteiger partial charge in [-0.2, -0.15) is 10.4 Å². The van der Waals surface area contributed by atoms with Crippen molar-refractivity contribution in [1.82, 2.24) is 19.9 Å². The Morgan fingerprint density at radius 2 is 1.91 bits per heavy atom. The summed E-state index contributed by atoms with van der Waals surface area (Å²) in [5.74, 6) is -1.28. The SMILES string of the molecule is CC(C)NC(=O)Nc1ncnn2c([C@]3(C#N)O[C@H](COC(=O)Cc4ccccc4)[C@@H](OC(=O)[C@@H](N)C(C)(C)C)[C@H]3O)ccc12. The van der Waals surface area contributed by atoms with Crippen LogP contribution in [0.15, 0.2) is 48.8 Å². The number of urea groups is 1. The summed E-state index contributed by atoms with van der Waals surface area (Å²) >= 11 is 0. The van der Waals surface area contributed by atoms with Gasteiger partial charge in [-0.05, 0) is 37.0 Å². The van der Waals surface area contributed by atoms with E-state index < -0.39 is 59.9 Å². The summed E-state index contributed by atoms with van der Waals surface area (Å²) in [6.07, 6.45) is -3.31. The summed E-state index contributed by atoms with van der Waals surface area (Å²) in [7, 11) is 0. The Morgan fingerprint density at radius 3 is 2.55 bits per heavy atom. The van der Waals surface area contributed by atoms with Gasteiger partial charge >= 0.3 is 18.0 Å². The first-order valence-electron chi connectivity index (χ1n) is 14.1. The van der Waals surface area contributed by atoms with Gasteiger partial charge in [0.25, 0.3) is 0 Å². The van der Waals surface area contributed by atoms with Crippen molar-refractivity contribution in [3.63, 3.8) is 0 Å². The standard InChI is InChI=1S/C30H37N7O7/c1-17(2)35-28(41)36-26-19-11-12-21(37(19)34-16-33-26)30(15-31)25(39)23(43-27(40)24(32)29(3,4)5)20(44-30)14-42-22(38)13-18-9-7-6-8-10-18/h6-12,16-17,20,23-25,39H,13-14,32H2,1-5H3,(H2,33,34,35,36,41)/t20-,23-,24-,25-,30+/m1/s1. The van der Waals surface area contributed by atoms with E-state index in [0.29, 0.717) is 5.52 Å². The van der Waals surface area contributed by atoms with Crippen molar-refractivity contribution in [2.75, 3.05) is 11.9 Å². The van der Waals surface area contributed by atoms with Gasteiger partial charge in [0.1, 0.15) is 42.8 Å². The number of ether oxygens (including phenoxy) is 3. The number of fused-ring (bicyclic) bond motifs is 1. The molecule has 1 aliphatic heterocycles. The Hall–Kier alpha value is -4.58. The third-order valence-electron chi connectivity index (χ3n) is 7.12. The van der Waals surface area contributed by atoms with Crippen molar-refractivity contribution in [3.05, 3.63) is 60.0 Å². The minimum atomic E-state index is -2.13. The van der Waals surface area contributed by atoms with Gasteiger partial charge in [0.05, 0.1) is 12.1 Å². The van der Waals surface area contributed by atoms with Gasteiger partial charge in [-0.1, -0.05) is 51.1 Å². The zero-order valence-electron chi connectivity index (χ0n) is 25.2. The highest BCUT2D eigenvalue weighted by Gasteiger charge is 2.60. The first-order chi connectivity index (χ1) is 20.8. The molecule has 1 aromatic carbocycles. The molecule has 1 fully saturated rings. The van der Waals surface area contributed by atoms with E-state index in [0.717, 1.165) is 11.9 Å². The zero-order valence-corrected chi connectivity index (χ0v) is 25.2. The molecule has 14 nitrogen and oxygen atoms in total. The Kier molecular flexibility index (Phi) is 9.53. The van der Waals surface area contributed by atoms with Gasteiger partial charge in [0, 0.05) is 6.04 Å². The molecular formula is C30H37N7O7. The van der Waals surface area contributed by atoms with E-state index in [-0.39, 0.29) is 24.0 Å². The Bertz CT molecular complexity index is 1550. The highest BCUT2D eigenvalue weighted by atomic mass is 16.6. The number of hydrogen-bond donors (Lipinski definition) is 4. The molecule has 234 valence electrons. The maximum atomic E-state index is 13.1. The molecule has 2 amide bonds. The van der Waals surface area contributed by atoms with Crippen molar-refractivity contribution >= 4 is 29.3 Å². The van der Waals surface area contributed by atoms with Crippen LogP contribution in [0.5, 0.6) is 0 Å². The van der Waals surface area contributed by atoms with Gasteiger partial charge in [-0.3, -0.25) is 14.9 Å². The number of esters is 2. The molecule has 0 unspecified atom stereocenters. The number of aromatic nitrogens is 3. The van der Waals surface area contributed by atoms with Crippen LogP contribution in [0.25, 0.3) is 5.52 Å². The van der Waals surface area contributed by atoms with Crippen LogP contribution in [-0.4, -0.2) is 74.7 Å². The third-order valence-corrected chi connectivity index (χ3v) is 7.12. The minimum Gasteiger partial charge on any atom is -0.463 e. The Labute approximate surface area is 254 Å². The fourth-order valence-electron chi connectivity index (χ4n) is 4.71. The van der Waals surface area contributed by atoms with Crippen molar-refractivity contribution < 1.29 is 33.7 Å². The van der Waals surface area contributed by atoms with Gasteiger partial charge < -0.3 is 30.4 Å². The molecule has 3 aromatic rings. The van der Waals surface area contributed by atoms with E-state index in [1.54, 1.807) is 65.0 Å². The Balaban J connectivity index is 1.66. The average Bonchev–Trinajstić information content (AvgIpc) is 3.51. The van der Waals surface area contributed by atoms with E-state index in [1.807, 2.05) is 12.1 Å². The van der Waals surface area contributed by atoms with Crippen LogP contribution < -0.4 is 16.4 Å². The summed E-state index contributed by atoms with van der Waals surface area (Å²) < 4.78 is 18.5. The molecule has 1 saturated heterocycles. The van der Waals surface area contributed by atoms with Crippen LogP contribution in [0.2, 0.25) is 0 Å². The summed E-state index contributed by atoms with van der Waals surface area (Å²) in [5, 5.41) is 31.6. The largest absolute Gasteiger partial charge is 0.463 e. The fraction of sp³-hybridized carbons (Fsp3) is 0.467. The quantitative estimate of drug-likeness (QED) is 0.258. The van der Waals surface area contributed by atoms with Crippen LogP contribution in [-0.2, 0) is 35.8 Å². The molecule has 1 aliphatic rings. The molecule has 2 aromatic heterocycles. The summed E-state index contributed by atoms with van der Waals surface area (Å²) in [6.45, 7) is 8.42. The number of benzene rings is 1. The number of aliphatic hydroxyl groups is 1. The average molecular weight is 608 g/mol. The summed E-state index contributed by atoms with van der Waals surface area (Å²) in [5.41, 5.74) is 4.40. The van der Waals surface area contributed by atoms with Gasteiger partial charge in [-0.25, -0.2) is 14.3 Å². The van der Waals surface area contributed by atoms with Crippen LogP contribution in [0.4, 0.5) is 10.6 Å². The molecular weight excluding hydrogens is 570 g/mol. The van der Waals surface area contributed by atoms with Crippen molar-refractivity contribution in [1.29, 1.82) is 5.26 Å². The zero-order chi connectivity index (χ0) is 32.2. The lowest BCUT2D eigenvalue weighted by atomic mass is 9.87. The maximum Gasteiger partial charge on any atom is 0.323 e. The van der Waals surface area contributed by atoms with Crippen molar-refractivity contribution in [3.8, 4) is 6.07 Å². The van der Waals surface area contributed by atoms with Gasteiger partial charge in [-0.15, -0.1) is 0 Å². The number of aliphatic hydroxyl groups excluding tert-OH is 1. The second-order valence-corrected chi connectivity index (χ2v) is 11.9. The molecule has 44 heavy (non-hydrogen) atoms. The molecule has 4 rings (SSSR count). The second kappa shape index (κ2) is 13.0. The molecule has 0 aliphatic carbocycles. The number of amides is 2. The van der Waals surface area contributed by atoms with E-state index in [4.69, 9.17) is 19.9 Å². The van der Waals surface area contributed by atoms with E-state index >= 15 is 0 Å². The summed E-state index contributed by atoms with van der Waals surface area (Å²) in [6, 6.07) is 12.3. The molecule has 0 saturated carbocycles. The number of nitrogens with one attached hydrogen (secondary N) is 2. The number of nitriles is 1. The van der Waals surface area contributed by atoms with Crippen LogP contribution in [0, 0.1) is 16.7 Å². The number of carbonyl (C=O) groups excluding carboxylic acids is 3. The second-order valence-electron chi connectivity index (χ2n) is 11.9. The number of carbonyl (C=O) groups is 3. The van der Waals surface area contributed by atoms with Crippen molar-refractivity contribution in [2.45, 2.75) is 77.0 Å². The topological polar surface area (TPSA) is 203 Å². The first kappa shape index (κ1) is 32.3. The highest BCUT2D eigenvalue weighted by Crippen LogP contribution is 2.42. The van der Waals surface area contributed by atoms with E-state index in [2.05, 4.69) is 20.7 Å². The smallest absolute Gasteiger partial charge is 0.323 e. The normalized spacial score (nSPS) is 22.3. The molecule has 0 bridgehead atoms. The molecule has 0 spiro atoms. The monoisotopic (exact) mass is 607 g/mol. The maximum absolute atomic E-state index is 13.1. The number of rotatable bonds is 9. The predicted octanol–water partition coefficient (Wildman–Crippen LogP) is 1.81. The molecule has 0 radical (unpaired) electrons.